The first-order valence-corrected chi connectivity index (χ1v) is 13.1. The highest BCUT2D eigenvalue weighted by Crippen LogP contribution is 2.41. The summed E-state index contributed by atoms with van der Waals surface area (Å²) in [7, 11) is 1.67. The highest BCUT2D eigenvalue weighted by atomic mass is 32.1. The van der Waals surface area contributed by atoms with Crippen molar-refractivity contribution in [3.8, 4) is 11.5 Å². The SMILES string of the molecule is C=CCOc1cccc(/C=c2/sc3n(c2=O)[C@@H](c2cccc(OC)c2)C2=C(N=3)c3ccccc3CC2)c1. The number of allylic oxidation sites excluding steroid dienone is 1. The molecule has 0 unspecified atom stereocenters. The lowest BCUT2D eigenvalue weighted by Gasteiger charge is -2.31. The minimum Gasteiger partial charge on any atom is -0.497 e. The fourth-order valence-corrected chi connectivity index (χ4v) is 6.14. The third-order valence-corrected chi connectivity index (χ3v) is 7.79. The van der Waals surface area contributed by atoms with E-state index >= 15 is 0 Å². The molecule has 0 saturated heterocycles. The van der Waals surface area contributed by atoms with Crippen molar-refractivity contribution >= 4 is 23.1 Å². The van der Waals surface area contributed by atoms with Gasteiger partial charge in [0, 0.05) is 5.56 Å². The van der Waals surface area contributed by atoms with Crippen LogP contribution in [-0.2, 0) is 6.42 Å². The van der Waals surface area contributed by atoms with Gasteiger partial charge in [0.25, 0.3) is 5.56 Å². The van der Waals surface area contributed by atoms with Crippen LogP contribution in [0.4, 0.5) is 0 Å². The molecule has 6 rings (SSSR count). The number of benzene rings is 3. The van der Waals surface area contributed by atoms with E-state index in [4.69, 9.17) is 14.5 Å². The third kappa shape index (κ3) is 4.23. The molecule has 4 aromatic rings. The van der Waals surface area contributed by atoms with Crippen molar-refractivity contribution in [1.82, 2.24) is 4.57 Å². The maximum Gasteiger partial charge on any atom is 0.271 e. The van der Waals surface area contributed by atoms with Gasteiger partial charge >= 0.3 is 0 Å². The largest absolute Gasteiger partial charge is 0.497 e. The Kier molecular flexibility index (Phi) is 6.10. The summed E-state index contributed by atoms with van der Waals surface area (Å²) in [5.74, 6) is 1.51. The van der Waals surface area contributed by atoms with Crippen LogP contribution in [0.5, 0.6) is 11.5 Å². The van der Waals surface area contributed by atoms with E-state index in [0.717, 1.165) is 46.7 Å². The number of methoxy groups -OCH3 is 1. The number of hydrogen-bond acceptors (Lipinski definition) is 5. The average Bonchev–Trinajstić information content (AvgIpc) is 3.25. The summed E-state index contributed by atoms with van der Waals surface area (Å²) in [6.45, 7) is 4.13. The van der Waals surface area contributed by atoms with Gasteiger partial charge in [0.15, 0.2) is 4.80 Å². The molecule has 1 aromatic heterocycles. The molecule has 0 saturated carbocycles. The molecular formula is C31H26N2O3S. The molecular weight excluding hydrogens is 480 g/mol. The first kappa shape index (κ1) is 23.3. The van der Waals surface area contributed by atoms with Gasteiger partial charge in [0.2, 0.25) is 0 Å². The number of aromatic nitrogens is 1. The maximum atomic E-state index is 13.9. The van der Waals surface area contributed by atoms with Crippen molar-refractivity contribution < 1.29 is 9.47 Å². The molecule has 0 fully saturated rings. The van der Waals surface area contributed by atoms with Crippen molar-refractivity contribution in [2.45, 2.75) is 18.9 Å². The standard InChI is InChI=1S/C31H26N2O3S/c1-3-16-36-24-12-6-8-20(17-24)18-27-30(34)33-29(22-10-7-11-23(19-22)35-2)26-15-14-21-9-4-5-13-25(21)28(26)32-31(33)37-27/h3-13,17-19,29H,1,14-16H2,2H3/b27-18+/t29-/m0/s1. The summed E-state index contributed by atoms with van der Waals surface area (Å²) in [5.41, 5.74) is 6.49. The molecule has 1 aliphatic heterocycles. The van der Waals surface area contributed by atoms with E-state index in [-0.39, 0.29) is 11.6 Å². The zero-order chi connectivity index (χ0) is 25.4. The van der Waals surface area contributed by atoms with Gasteiger partial charge in [-0.2, -0.15) is 0 Å². The molecule has 0 radical (unpaired) electrons. The number of fused-ring (bicyclic) bond motifs is 3. The Hall–Kier alpha value is -4.16. The van der Waals surface area contributed by atoms with Crippen molar-refractivity contribution in [2.24, 2.45) is 4.99 Å². The molecule has 0 spiro atoms. The summed E-state index contributed by atoms with van der Waals surface area (Å²) >= 11 is 1.43. The lowest BCUT2D eigenvalue weighted by atomic mass is 9.83. The highest BCUT2D eigenvalue weighted by molar-refractivity contribution is 7.07. The van der Waals surface area contributed by atoms with Crippen LogP contribution < -0.4 is 24.4 Å². The maximum absolute atomic E-state index is 13.9. The van der Waals surface area contributed by atoms with E-state index in [0.29, 0.717) is 15.9 Å². The Balaban J connectivity index is 1.56. The number of ether oxygens (including phenoxy) is 2. The van der Waals surface area contributed by atoms with Crippen LogP contribution in [0.2, 0.25) is 0 Å². The Morgan fingerprint density at radius 3 is 2.76 bits per heavy atom. The summed E-state index contributed by atoms with van der Waals surface area (Å²) < 4.78 is 13.7. The Morgan fingerprint density at radius 1 is 1.05 bits per heavy atom. The van der Waals surface area contributed by atoms with Crippen molar-refractivity contribution in [1.29, 1.82) is 0 Å². The van der Waals surface area contributed by atoms with Crippen LogP contribution in [0.25, 0.3) is 11.8 Å². The van der Waals surface area contributed by atoms with E-state index in [1.54, 1.807) is 13.2 Å². The van der Waals surface area contributed by atoms with Crippen LogP contribution in [0, 0.1) is 0 Å². The molecule has 0 amide bonds. The molecule has 184 valence electrons. The van der Waals surface area contributed by atoms with Gasteiger partial charge in [0.1, 0.15) is 18.1 Å². The van der Waals surface area contributed by atoms with Gasteiger partial charge in [-0.25, -0.2) is 4.99 Å². The molecule has 3 aromatic carbocycles. The number of rotatable bonds is 6. The van der Waals surface area contributed by atoms with Crippen LogP contribution in [-0.4, -0.2) is 18.3 Å². The molecule has 1 atom stereocenters. The highest BCUT2D eigenvalue weighted by Gasteiger charge is 2.32. The first-order valence-electron chi connectivity index (χ1n) is 12.3. The molecule has 5 nitrogen and oxygen atoms in total. The van der Waals surface area contributed by atoms with E-state index in [1.807, 2.05) is 53.1 Å². The van der Waals surface area contributed by atoms with Gasteiger partial charge in [-0.15, -0.1) is 0 Å². The zero-order valence-corrected chi connectivity index (χ0v) is 21.3. The van der Waals surface area contributed by atoms with Gasteiger partial charge in [-0.1, -0.05) is 72.5 Å². The lowest BCUT2D eigenvalue weighted by molar-refractivity contribution is 0.363. The fourth-order valence-electron chi connectivity index (χ4n) is 5.13. The smallest absolute Gasteiger partial charge is 0.271 e. The Bertz CT molecular complexity index is 1730. The molecule has 1 aliphatic carbocycles. The van der Waals surface area contributed by atoms with Crippen LogP contribution in [0.15, 0.2) is 101 Å². The summed E-state index contributed by atoms with van der Waals surface area (Å²) in [6, 6.07) is 23.9. The minimum atomic E-state index is -0.237. The molecule has 0 N–H and O–H groups in total. The first-order chi connectivity index (χ1) is 18.2. The molecule has 37 heavy (non-hydrogen) atoms. The van der Waals surface area contributed by atoms with E-state index in [9.17, 15) is 4.79 Å². The second kappa shape index (κ2) is 9.71. The quantitative estimate of drug-likeness (QED) is 0.350. The molecule has 6 heteroatoms. The van der Waals surface area contributed by atoms with E-state index in [1.165, 1.54) is 22.5 Å². The second-order valence-corrected chi connectivity index (χ2v) is 10.1. The monoisotopic (exact) mass is 506 g/mol. The van der Waals surface area contributed by atoms with Gasteiger partial charge in [0.05, 0.1) is 23.4 Å². The Morgan fingerprint density at radius 2 is 1.89 bits per heavy atom. The minimum absolute atomic E-state index is 0.0422. The van der Waals surface area contributed by atoms with Gasteiger partial charge in [-0.05, 0) is 65.4 Å². The van der Waals surface area contributed by atoms with Crippen molar-refractivity contribution in [2.75, 3.05) is 13.7 Å². The second-order valence-electron chi connectivity index (χ2n) is 9.06. The van der Waals surface area contributed by atoms with Crippen LogP contribution >= 0.6 is 11.3 Å². The number of hydrogen-bond donors (Lipinski definition) is 0. The van der Waals surface area contributed by atoms with Crippen molar-refractivity contribution in [3.63, 3.8) is 0 Å². The van der Waals surface area contributed by atoms with Crippen LogP contribution in [0.3, 0.4) is 0 Å². The molecule has 0 bridgehead atoms. The average molecular weight is 507 g/mol. The molecule has 2 heterocycles. The van der Waals surface area contributed by atoms with Gasteiger partial charge < -0.3 is 9.47 Å². The Labute approximate surface area is 219 Å². The predicted molar refractivity (Wildman–Crippen MR) is 148 cm³/mol. The zero-order valence-electron chi connectivity index (χ0n) is 20.5. The summed E-state index contributed by atoms with van der Waals surface area (Å²) in [4.78, 5) is 19.7. The number of nitrogens with zero attached hydrogens (tertiary/aromatic N) is 2. The van der Waals surface area contributed by atoms with Crippen LogP contribution in [0.1, 0.15) is 34.7 Å². The number of thiazole rings is 1. The summed E-state index contributed by atoms with van der Waals surface area (Å²) in [6.07, 6.45) is 5.41. The third-order valence-electron chi connectivity index (χ3n) is 6.81. The lowest BCUT2D eigenvalue weighted by Crippen LogP contribution is -2.38. The topological polar surface area (TPSA) is 52.8 Å². The fraction of sp³-hybridized carbons (Fsp3) is 0.161. The number of aryl methyl sites for hydroxylation is 1. The predicted octanol–water partition coefficient (Wildman–Crippen LogP) is 4.89. The van der Waals surface area contributed by atoms with Gasteiger partial charge in [-0.3, -0.25) is 9.36 Å². The van der Waals surface area contributed by atoms with E-state index in [2.05, 4.69) is 36.9 Å². The molecule has 2 aliphatic rings. The van der Waals surface area contributed by atoms with Crippen molar-refractivity contribution in [3.05, 3.63) is 133 Å². The normalized spacial score (nSPS) is 16.4. The van der Waals surface area contributed by atoms with E-state index < -0.39 is 0 Å². The summed E-state index contributed by atoms with van der Waals surface area (Å²) in [5, 5.41) is 0.